The molecule has 3 aromatic carbocycles. The Balaban J connectivity index is 1.37. The molecular formula is C31H37Cl2N3O2. The van der Waals surface area contributed by atoms with Crippen LogP contribution in [0, 0.1) is 0 Å². The molecule has 38 heavy (non-hydrogen) atoms. The summed E-state index contributed by atoms with van der Waals surface area (Å²) in [5.41, 5.74) is 3.36. The van der Waals surface area contributed by atoms with Gasteiger partial charge in [0.05, 0.1) is 28.6 Å². The van der Waals surface area contributed by atoms with Crippen molar-refractivity contribution in [2.45, 2.75) is 38.8 Å². The Hall–Kier alpha value is -2.57. The van der Waals surface area contributed by atoms with Crippen LogP contribution in [0.15, 0.2) is 72.8 Å². The molecule has 0 radical (unpaired) electrons. The third kappa shape index (κ3) is 8.47. The van der Waals surface area contributed by atoms with E-state index in [2.05, 4.69) is 45.4 Å². The highest BCUT2D eigenvalue weighted by Gasteiger charge is 2.26. The van der Waals surface area contributed by atoms with Gasteiger partial charge in [-0.25, -0.2) is 0 Å². The van der Waals surface area contributed by atoms with Gasteiger partial charge in [-0.2, -0.15) is 0 Å². The highest BCUT2D eigenvalue weighted by Crippen LogP contribution is 2.29. The molecule has 0 aliphatic carbocycles. The maximum atomic E-state index is 12.9. The fourth-order valence-electron chi connectivity index (χ4n) is 4.87. The molecule has 1 heterocycles. The van der Waals surface area contributed by atoms with Gasteiger partial charge in [-0.05, 0) is 61.2 Å². The Morgan fingerprint density at radius 1 is 0.895 bits per heavy atom. The normalized spacial score (nSPS) is 15.4. The summed E-state index contributed by atoms with van der Waals surface area (Å²) in [5, 5.41) is 4.23. The summed E-state index contributed by atoms with van der Waals surface area (Å²) in [5.74, 6) is 0.766. The van der Waals surface area contributed by atoms with Crippen LogP contribution >= 0.6 is 23.2 Å². The number of hydrogen-bond donors (Lipinski definition) is 1. The van der Waals surface area contributed by atoms with Crippen LogP contribution in [0.1, 0.15) is 36.6 Å². The van der Waals surface area contributed by atoms with Crippen LogP contribution in [0.5, 0.6) is 5.75 Å². The largest absolute Gasteiger partial charge is 0.491 e. The highest BCUT2D eigenvalue weighted by molar-refractivity contribution is 6.42. The predicted octanol–water partition coefficient (Wildman–Crippen LogP) is 6.04. The molecule has 5 nitrogen and oxygen atoms in total. The van der Waals surface area contributed by atoms with Crippen molar-refractivity contribution in [3.8, 4) is 5.75 Å². The summed E-state index contributed by atoms with van der Waals surface area (Å²) in [6.45, 7) is 9.35. The maximum Gasteiger partial charge on any atom is 0.224 e. The van der Waals surface area contributed by atoms with Crippen LogP contribution < -0.4 is 10.1 Å². The van der Waals surface area contributed by atoms with E-state index < -0.39 is 0 Å². The van der Waals surface area contributed by atoms with Gasteiger partial charge in [0.15, 0.2) is 0 Å². The van der Waals surface area contributed by atoms with Gasteiger partial charge in [0, 0.05) is 39.3 Å². The third-order valence-electron chi connectivity index (χ3n) is 6.86. The summed E-state index contributed by atoms with van der Waals surface area (Å²) in [4.78, 5) is 17.9. The van der Waals surface area contributed by atoms with Crippen LogP contribution in [-0.4, -0.2) is 61.1 Å². The quantitative estimate of drug-likeness (QED) is 0.314. The number of halogens is 2. The first-order chi connectivity index (χ1) is 18.4. The number of piperazine rings is 1. The molecule has 1 atom stereocenters. The van der Waals surface area contributed by atoms with E-state index in [1.54, 1.807) is 0 Å². The lowest BCUT2D eigenvalue weighted by molar-refractivity contribution is -0.120. The molecule has 7 heteroatoms. The van der Waals surface area contributed by atoms with Gasteiger partial charge in [0.1, 0.15) is 5.75 Å². The number of nitrogens with one attached hydrogen (secondary N) is 1. The van der Waals surface area contributed by atoms with Crippen molar-refractivity contribution >= 4 is 29.1 Å². The Morgan fingerprint density at radius 3 is 2.34 bits per heavy atom. The minimum atomic E-state index is -0.0155. The van der Waals surface area contributed by atoms with E-state index in [1.165, 1.54) is 5.56 Å². The number of hydrogen-bond acceptors (Lipinski definition) is 4. The van der Waals surface area contributed by atoms with E-state index in [-0.39, 0.29) is 18.1 Å². The van der Waals surface area contributed by atoms with Gasteiger partial charge in [-0.15, -0.1) is 0 Å². The molecule has 1 fully saturated rings. The SMILES string of the molecule is CC(C)Oc1cccc(CC(=O)NCC(c2ccc(Cl)c(Cl)c2)N2CCN(CCc3ccccc3)CC2)c1. The zero-order valence-corrected chi connectivity index (χ0v) is 23.7. The second kappa shape index (κ2) is 14.0. The van der Waals surface area contributed by atoms with E-state index in [1.807, 2.05) is 56.3 Å². The molecule has 0 aromatic heterocycles. The Labute approximate surface area is 236 Å². The molecule has 3 aromatic rings. The lowest BCUT2D eigenvalue weighted by atomic mass is 10.0. The van der Waals surface area contributed by atoms with E-state index in [0.29, 0.717) is 23.0 Å². The molecule has 1 aliphatic rings. The van der Waals surface area contributed by atoms with Crippen molar-refractivity contribution < 1.29 is 9.53 Å². The lowest BCUT2D eigenvalue weighted by Gasteiger charge is -2.39. The van der Waals surface area contributed by atoms with E-state index in [4.69, 9.17) is 27.9 Å². The number of nitrogens with zero attached hydrogens (tertiary/aromatic N) is 2. The van der Waals surface area contributed by atoms with E-state index >= 15 is 0 Å². The Morgan fingerprint density at radius 2 is 1.63 bits per heavy atom. The van der Waals surface area contributed by atoms with Crippen LogP contribution in [0.25, 0.3) is 0 Å². The van der Waals surface area contributed by atoms with Crippen molar-refractivity contribution in [2.75, 3.05) is 39.3 Å². The molecule has 1 amide bonds. The Kier molecular flexibility index (Phi) is 10.5. The Bertz CT molecular complexity index is 1180. The number of carbonyl (C=O) groups is 1. The fourth-order valence-corrected chi connectivity index (χ4v) is 5.17. The monoisotopic (exact) mass is 553 g/mol. The van der Waals surface area contributed by atoms with E-state index in [9.17, 15) is 4.79 Å². The number of ether oxygens (including phenoxy) is 1. The minimum Gasteiger partial charge on any atom is -0.491 e. The maximum absolute atomic E-state index is 12.9. The highest BCUT2D eigenvalue weighted by atomic mass is 35.5. The van der Waals surface area contributed by atoms with Crippen molar-refractivity contribution in [1.82, 2.24) is 15.1 Å². The molecule has 1 unspecified atom stereocenters. The van der Waals surface area contributed by atoms with Gasteiger partial charge in [-0.3, -0.25) is 9.69 Å². The number of rotatable bonds is 11. The standard InChI is InChI=1S/C31H37Cl2N3O2/c1-23(2)38-27-10-6-9-25(19-27)20-31(37)34-22-30(26-11-12-28(32)29(33)21-26)36-17-15-35(16-18-36)14-13-24-7-4-3-5-8-24/h3-12,19,21,23,30H,13-18,20,22H2,1-2H3,(H,34,37). The molecular weight excluding hydrogens is 517 g/mol. The summed E-state index contributed by atoms with van der Waals surface area (Å²) >= 11 is 12.6. The molecule has 4 rings (SSSR count). The smallest absolute Gasteiger partial charge is 0.224 e. The van der Waals surface area contributed by atoms with Gasteiger partial charge < -0.3 is 15.0 Å². The average molecular weight is 555 g/mol. The van der Waals surface area contributed by atoms with Gasteiger partial charge >= 0.3 is 0 Å². The van der Waals surface area contributed by atoms with Crippen LogP contribution in [0.3, 0.4) is 0 Å². The summed E-state index contributed by atoms with van der Waals surface area (Å²) in [6, 6.07) is 24.2. The fraction of sp³-hybridized carbons (Fsp3) is 0.387. The summed E-state index contributed by atoms with van der Waals surface area (Å²) in [6.07, 6.45) is 1.44. The minimum absolute atomic E-state index is 0.0144. The lowest BCUT2D eigenvalue weighted by Crippen LogP contribution is -2.50. The van der Waals surface area contributed by atoms with Crippen LogP contribution in [0.2, 0.25) is 10.0 Å². The molecule has 0 spiro atoms. The molecule has 1 saturated heterocycles. The van der Waals surface area contributed by atoms with Crippen molar-refractivity contribution in [2.24, 2.45) is 0 Å². The van der Waals surface area contributed by atoms with Gasteiger partial charge in [-0.1, -0.05) is 71.7 Å². The van der Waals surface area contributed by atoms with Gasteiger partial charge in [0.2, 0.25) is 5.91 Å². The van der Waals surface area contributed by atoms with Crippen molar-refractivity contribution in [3.63, 3.8) is 0 Å². The number of carbonyl (C=O) groups excluding carboxylic acids is 1. The summed E-state index contributed by atoms with van der Waals surface area (Å²) in [7, 11) is 0. The summed E-state index contributed by atoms with van der Waals surface area (Å²) < 4.78 is 5.78. The second-order valence-corrected chi connectivity index (χ2v) is 10.9. The number of benzene rings is 3. The zero-order valence-electron chi connectivity index (χ0n) is 22.2. The molecule has 1 aliphatic heterocycles. The first-order valence-corrected chi connectivity index (χ1v) is 14.1. The van der Waals surface area contributed by atoms with Gasteiger partial charge in [0.25, 0.3) is 0 Å². The van der Waals surface area contributed by atoms with Crippen molar-refractivity contribution in [3.05, 3.63) is 99.5 Å². The number of amides is 1. The first-order valence-electron chi connectivity index (χ1n) is 13.3. The first kappa shape index (κ1) is 28.4. The van der Waals surface area contributed by atoms with Crippen LogP contribution in [0.4, 0.5) is 0 Å². The van der Waals surface area contributed by atoms with E-state index in [0.717, 1.165) is 56.0 Å². The second-order valence-electron chi connectivity index (χ2n) is 10.1. The zero-order chi connectivity index (χ0) is 26.9. The molecule has 202 valence electrons. The molecule has 0 saturated carbocycles. The van der Waals surface area contributed by atoms with Crippen LogP contribution in [-0.2, 0) is 17.6 Å². The predicted molar refractivity (Wildman–Crippen MR) is 156 cm³/mol. The molecule has 0 bridgehead atoms. The average Bonchev–Trinajstić information content (AvgIpc) is 2.90. The topological polar surface area (TPSA) is 44.8 Å². The molecule has 1 N–H and O–H groups in total. The van der Waals surface area contributed by atoms with Crippen molar-refractivity contribution in [1.29, 1.82) is 0 Å². The third-order valence-corrected chi connectivity index (χ3v) is 7.60.